The number of carbonyl (C=O) groups excluding carboxylic acids is 2. The number of hydrogen-bond acceptors (Lipinski definition) is 3. The molecule has 2 rings (SSSR count). The second kappa shape index (κ2) is 10.2. The van der Waals surface area contributed by atoms with Gasteiger partial charge in [-0.15, -0.1) is 0 Å². The molecule has 6 nitrogen and oxygen atoms in total. The highest BCUT2D eigenvalue weighted by Gasteiger charge is 2.11. The second-order valence-corrected chi connectivity index (χ2v) is 6.87. The molecule has 0 aromatic heterocycles. The van der Waals surface area contributed by atoms with Gasteiger partial charge in [0.05, 0.1) is 0 Å². The lowest BCUT2D eigenvalue weighted by Crippen LogP contribution is -2.46. The molecule has 0 aliphatic rings. The molecule has 0 aliphatic heterocycles. The van der Waals surface area contributed by atoms with Crippen LogP contribution < -0.4 is 21.5 Å². The Morgan fingerprint density at radius 2 is 1.61 bits per heavy atom. The molecule has 146 valence electrons. The van der Waals surface area contributed by atoms with Crippen molar-refractivity contribution in [2.45, 2.75) is 26.7 Å². The van der Waals surface area contributed by atoms with E-state index < -0.39 is 5.91 Å². The van der Waals surface area contributed by atoms with Gasteiger partial charge in [0.1, 0.15) is 5.70 Å². The molecule has 0 heterocycles. The van der Waals surface area contributed by atoms with Crippen molar-refractivity contribution in [3.63, 3.8) is 0 Å². The monoisotopic (exact) mass is 396 g/mol. The maximum atomic E-state index is 12.4. The van der Waals surface area contributed by atoms with Crippen LogP contribution in [-0.4, -0.2) is 16.9 Å². The summed E-state index contributed by atoms with van der Waals surface area (Å²) >= 11 is 5.20. The molecule has 2 aromatic rings. The summed E-state index contributed by atoms with van der Waals surface area (Å²) in [6.45, 7) is 5.59. The Labute approximate surface area is 170 Å². The zero-order valence-corrected chi connectivity index (χ0v) is 16.9. The van der Waals surface area contributed by atoms with Gasteiger partial charge >= 0.3 is 0 Å². The molecular weight excluding hydrogens is 372 g/mol. The highest BCUT2D eigenvalue weighted by atomic mass is 32.1. The number of anilines is 1. The molecule has 4 N–H and O–H groups in total. The van der Waals surface area contributed by atoms with E-state index in [-0.39, 0.29) is 16.7 Å². The Morgan fingerprint density at radius 3 is 2.18 bits per heavy atom. The number of hydrogen-bond donors (Lipinski definition) is 4. The number of amides is 2. The fourth-order valence-electron chi connectivity index (χ4n) is 2.36. The Morgan fingerprint density at radius 1 is 0.964 bits per heavy atom. The first-order valence-electron chi connectivity index (χ1n) is 8.87. The molecule has 0 spiro atoms. The normalized spacial score (nSPS) is 10.9. The number of thiocarbonyl (C=S) groups is 1. The average molecular weight is 397 g/mol. The number of nitrogens with one attached hydrogen (secondary N) is 4. The van der Waals surface area contributed by atoms with Gasteiger partial charge < -0.3 is 10.6 Å². The van der Waals surface area contributed by atoms with E-state index in [0.29, 0.717) is 5.92 Å². The van der Waals surface area contributed by atoms with Crippen molar-refractivity contribution in [2.24, 2.45) is 0 Å². The summed E-state index contributed by atoms with van der Waals surface area (Å²) in [5, 5.41) is 5.75. The lowest BCUT2D eigenvalue weighted by molar-refractivity contribution is -0.122. The van der Waals surface area contributed by atoms with Crippen LogP contribution in [0.5, 0.6) is 0 Å². The fourth-order valence-corrected chi connectivity index (χ4v) is 2.53. The van der Waals surface area contributed by atoms with Gasteiger partial charge in [-0.1, -0.05) is 56.3 Å². The van der Waals surface area contributed by atoms with Crippen LogP contribution in [0.1, 0.15) is 37.8 Å². The molecule has 2 aromatic carbocycles. The predicted octanol–water partition coefficient (Wildman–Crippen LogP) is 3.30. The number of hydrazine groups is 1. The quantitative estimate of drug-likeness (QED) is 0.354. The molecule has 0 unspecified atom stereocenters. The van der Waals surface area contributed by atoms with E-state index in [1.54, 1.807) is 6.08 Å². The first-order chi connectivity index (χ1) is 13.3. The average Bonchev–Trinajstić information content (AvgIpc) is 2.66. The summed E-state index contributed by atoms with van der Waals surface area (Å²) < 4.78 is 0. The minimum absolute atomic E-state index is 0.107. The van der Waals surface area contributed by atoms with Crippen molar-refractivity contribution in [2.75, 3.05) is 5.32 Å². The lowest BCUT2D eigenvalue weighted by atomic mass is 10.0. The molecule has 0 saturated heterocycles. The minimum atomic E-state index is -0.515. The Balaban J connectivity index is 1.96. The van der Waals surface area contributed by atoms with Crippen molar-refractivity contribution in [3.8, 4) is 0 Å². The van der Waals surface area contributed by atoms with Gasteiger partial charge in [0.25, 0.3) is 5.91 Å². The van der Waals surface area contributed by atoms with Crippen LogP contribution in [0, 0.1) is 0 Å². The van der Waals surface area contributed by atoms with Crippen LogP contribution in [0.25, 0.3) is 6.08 Å². The molecule has 0 radical (unpaired) electrons. The Bertz CT molecular complexity index is 862. The molecular formula is C21H24N4O2S. The van der Waals surface area contributed by atoms with E-state index in [9.17, 15) is 9.59 Å². The van der Waals surface area contributed by atoms with Gasteiger partial charge in [-0.05, 0) is 47.5 Å². The van der Waals surface area contributed by atoms with E-state index in [4.69, 9.17) is 12.2 Å². The SMILES string of the molecule is CC(=O)N/C(=C\c1ccccc1)C(=O)NNC(=S)Nc1ccc(C(C)C)cc1. The van der Waals surface area contributed by atoms with Gasteiger partial charge in [-0.3, -0.25) is 20.4 Å². The van der Waals surface area contributed by atoms with Crippen molar-refractivity contribution in [1.29, 1.82) is 0 Å². The summed E-state index contributed by atoms with van der Waals surface area (Å²) in [6.07, 6.45) is 1.58. The van der Waals surface area contributed by atoms with Crippen LogP contribution in [0.3, 0.4) is 0 Å². The van der Waals surface area contributed by atoms with Crippen LogP contribution in [0.15, 0.2) is 60.3 Å². The largest absolute Gasteiger partial charge is 0.331 e. The number of carbonyl (C=O) groups is 2. The minimum Gasteiger partial charge on any atom is -0.331 e. The molecule has 0 fully saturated rings. The summed E-state index contributed by atoms with van der Waals surface area (Å²) in [5.41, 5.74) is 8.04. The van der Waals surface area contributed by atoms with E-state index in [2.05, 4.69) is 35.3 Å². The standard InChI is InChI=1S/C21H24N4O2S/c1-14(2)17-9-11-18(12-10-17)23-21(28)25-24-20(27)19(22-15(3)26)13-16-7-5-4-6-8-16/h4-14H,1-3H3,(H,22,26)(H,24,27)(H2,23,25,28)/b19-13-. The molecule has 28 heavy (non-hydrogen) atoms. The van der Waals surface area contributed by atoms with E-state index in [0.717, 1.165) is 11.3 Å². The van der Waals surface area contributed by atoms with Crippen LogP contribution in [0.4, 0.5) is 5.69 Å². The third kappa shape index (κ3) is 6.85. The molecule has 0 aliphatic carbocycles. The van der Waals surface area contributed by atoms with Crippen LogP contribution in [0.2, 0.25) is 0 Å². The first kappa shape index (κ1) is 21.1. The fraction of sp³-hybridized carbons (Fsp3) is 0.190. The van der Waals surface area contributed by atoms with E-state index in [1.165, 1.54) is 12.5 Å². The van der Waals surface area contributed by atoms with Crippen LogP contribution in [-0.2, 0) is 9.59 Å². The Hall–Kier alpha value is -3.19. The first-order valence-corrected chi connectivity index (χ1v) is 9.27. The third-order valence-electron chi connectivity index (χ3n) is 3.79. The Kier molecular flexibility index (Phi) is 7.71. The molecule has 7 heteroatoms. The summed E-state index contributed by atoms with van der Waals surface area (Å²) in [7, 11) is 0. The summed E-state index contributed by atoms with van der Waals surface area (Å²) in [6, 6.07) is 17.1. The van der Waals surface area contributed by atoms with Gasteiger partial charge in [0.2, 0.25) is 5.91 Å². The third-order valence-corrected chi connectivity index (χ3v) is 3.99. The second-order valence-electron chi connectivity index (χ2n) is 6.46. The number of benzene rings is 2. The van der Waals surface area contributed by atoms with Gasteiger partial charge in [0, 0.05) is 12.6 Å². The summed E-state index contributed by atoms with van der Waals surface area (Å²) in [5.74, 6) is -0.413. The highest BCUT2D eigenvalue weighted by molar-refractivity contribution is 7.80. The highest BCUT2D eigenvalue weighted by Crippen LogP contribution is 2.16. The molecule has 0 bridgehead atoms. The molecule has 0 saturated carbocycles. The predicted molar refractivity (Wildman–Crippen MR) is 116 cm³/mol. The molecule has 0 atom stereocenters. The van der Waals surface area contributed by atoms with Crippen molar-refractivity contribution in [3.05, 3.63) is 71.4 Å². The van der Waals surface area contributed by atoms with Crippen LogP contribution >= 0.6 is 12.2 Å². The van der Waals surface area contributed by atoms with E-state index >= 15 is 0 Å². The maximum Gasteiger partial charge on any atom is 0.286 e. The van der Waals surface area contributed by atoms with Crippen molar-refractivity contribution in [1.82, 2.24) is 16.2 Å². The van der Waals surface area contributed by atoms with Gasteiger partial charge in [-0.2, -0.15) is 0 Å². The summed E-state index contributed by atoms with van der Waals surface area (Å²) in [4.78, 5) is 23.8. The van der Waals surface area contributed by atoms with Crippen molar-refractivity contribution >= 4 is 40.9 Å². The smallest absolute Gasteiger partial charge is 0.286 e. The molecule has 2 amide bonds. The van der Waals surface area contributed by atoms with Gasteiger partial charge in [0.15, 0.2) is 5.11 Å². The lowest BCUT2D eigenvalue weighted by Gasteiger charge is -2.14. The zero-order valence-electron chi connectivity index (χ0n) is 16.1. The van der Waals surface area contributed by atoms with Gasteiger partial charge in [-0.25, -0.2) is 0 Å². The topological polar surface area (TPSA) is 82.3 Å². The zero-order chi connectivity index (χ0) is 20.5. The van der Waals surface area contributed by atoms with Crippen molar-refractivity contribution < 1.29 is 9.59 Å². The number of rotatable bonds is 5. The maximum absolute atomic E-state index is 12.4. The van der Waals surface area contributed by atoms with E-state index in [1.807, 2.05) is 54.6 Å².